The van der Waals surface area contributed by atoms with Crippen molar-refractivity contribution in [2.75, 3.05) is 18.4 Å². The van der Waals surface area contributed by atoms with Crippen LogP contribution in [0.25, 0.3) is 0 Å². The Hall–Kier alpha value is -2.40. The van der Waals surface area contributed by atoms with Gasteiger partial charge in [0.15, 0.2) is 0 Å². The van der Waals surface area contributed by atoms with E-state index in [1.807, 2.05) is 17.0 Å². The van der Waals surface area contributed by atoms with Crippen LogP contribution in [-0.2, 0) is 4.79 Å². The Labute approximate surface area is 182 Å². The van der Waals surface area contributed by atoms with Crippen molar-refractivity contribution in [1.82, 2.24) is 9.88 Å². The van der Waals surface area contributed by atoms with Crippen molar-refractivity contribution in [3.05, 3.63) is 58.7 Å². The largest absolute Gasteiger partial charge is 0.339 e. The van der Waals surface area contributed by atoms with Crippen LogP contribution in [0.4, 0.5) is 5.82 Å². The smallest absolute Gasteiger partial charge is 0.253 e. The number of aromatic nitrogens is 1. The first-order chi connectivity index (χ1) is 14.6. The summed E-state index contributed by atoms with van der Waals surface area (Å²) in [5.74, 6) is 1.05. The van der Waals surface area contributed by atoms with Crippen molar-refractivity contribution in [1.29, 1.82) is 0 Å². The first-order valence-corrected chi connectivity index (χ1v) is 11.3. The average Bonchev–Trinajstić information content (AvgIpc) is 2.81. The minimum absolute atomic E-state index is 0.0474. The van der Waals surface area contributed by atoms with E-state index in [1.54, 1.807) is 12.1 Å². The van der Waals surface area contributed by atoms with Gasteiger partial charge in [0.2, 0.25) is 5.91 Å². The maximum absolute atomic E-state index is 12.9. The lowest BCUT2D eigenvalue weighted by molar-refractivity contribution is -0.121. The molecule has 30 heavy (non-hydrogen) atoms. The van der Waals surface area contributed by atoms with E-state index in [0.29, 0.717) is 42.7 Å². The summed E-state index contributed by atoms with van der Waals surface area (Å²) in [5, 5.41) is 3.37. The van der Waals surface area contributed by atoms with Gasteiger partial charge in [-0.25, -0.2) is 4.98 Å². The Bertz CT molecular complexity index is 868. The summed E-state index contributed by atoms with van der Waals surface area (Å²) in [5.41, 5.74) is 2.10. The van der Waals surface area contributed by atoms with E-state index in [-0.39, 0.29) is 17.7 Å². The molecule has 0 spiro atoms. The number of piperidine rings is 1. The zero-order chi connectivity index (χ0) is 20.9. The van der Waals surface area contributed by atoms with Crippen molar-refractivity contribution in [3.63, 3.8) is 0 Å². The minimum atomic E-state index is -0.111. The van der Waals surface area contributed by atoms with E-state index >= 15 is 0 Å². The number of nitrogens with zero attached hydrogens (tertiary/aromatic N) is 2. The average molecular weight is 426 g/mol. The quantitative estimate of drug-likeness (QED) is 0.725. The Balaban J connectivity index is 1.29. The lowest BCUT2D eigenvalue weighted by Gasteiger charge is -2.31. The highest BCUT2D eigenvalue weighted by molar-refractivity contribution is 6.30. The van der Waals surface area contributed by atoms with Crippen LogP contribution in [0.5, 0.6) is 0 Å². The molecule has 5 nitrogen and oxygen atoms in total. The van der Waals surface area contributed by atoms with E-state index in [1.165, 1.54) is 43.9 Å². The van der Waals surface area contributed by atoms with Crippen LogP contribution < -0.4 is 5.32 Å². The van der Waals surface area contributed by atoms with Crippen molar-refractivity contribution in [2.24, 2.45) is 5.92 Å². The Kier molecular flexibility index (Phi) is 6.68. The van der Waals surface area contributed by atoms with Gasteiger partial charge in [-0.05, 0) is 61.4 Å². The molecular weight excluding hydrogens is 398 g/mol. The fourth-order valence-corrected chi connectivity index (χ4v) is 4.65. The molecule has 1 saturated heterocycles. The second kappa shape index (κ2) is 9.61. The molecule has 158 valence electrons. The zero-order valence-corrected chi connectivity index (χ0v) is 17.9. The van der Waals surface area contributed by atoms with Gasteiger partial charge in [0, 0.05) is 30.8 Å². The number of rotatable bonds is 4. The van der Waals surface area contributed by atoms with Crippen LogP contribution in [0.3, 0.4) is 0 Å². The van der Waals surface area contributed by atoms with Crippen LogP contribution in [0, 0.1) is 5.92 Å². The number of amides is 2. The first kappa shape index (κ1) is 20.9. The van der Waals surface area contributed by atoms with Crippen molar-refractivity contribution in [3.8, 4) is 0 Å². The standard InChI is InChI=1S/C24H28ClN3O2/c25-21-10-11-22(26-16-21)27-23(29)19-12-14-28(15-13-19)24(30)20-8-6-18(7-9-20)17-4-2-1-3-5-17/h6-11,16-17,19H,1-5,12-15H2,(H,26,27,29). The third-order valence-corrected chi connectivity index (χ3v) is 6.59. The number of pyridine rings is 1. The van der Waals surface area contributed by atoms with Gasteiger partial charge in [-0.1, -0.05) is 43.0 Å². The highest BCUT2D eigenvalue weighted by atomic mass is 35.5. The maximum Gasteiger partial charge on any atom is 0.253 e. The fraction of sp³-hybridized carbons (Fsp3) is 0.458. The van der Waals surface area contributed by atoms with Gasteiger partial charge in [0.05, 0.1) is 5.02 Å². The van der Waals surface area contributed by atoms with Crippen LogP contribution in [0.15, 0.2) is 42.6 Å². The third kappa shape index (κ3) is 5.01. The molecule has 2 amide bonds. The molecule has 2 heterocycles. The summed E-state index contributed by atoms with van der Waals surface area (Å²) in [6.45, 7) is 1.19. The summed E-state index contributed by atoms with van der Waals surface area (Å²) in [4.78, 5) is 31.4. The molecule has 0 atom stereocenters. The normalized spacial score (nSPS) is 18.2. The number of halogens is 1. The predicted octanol–water partition coefficient (Wildman–Crippen LogP) is 5.27. The molecule has 2 fully saturated rings. The number of hydrogen-bond acceptors (Lipinski definition) is 3. The summed E-state index contributed by atoms with van der Waals surface area (Å²) in [7, 11) is 0. The second-order valence-electron chi connectivity index (χ2n) is 8.37. The van der Waals surface area contributed by atoms with Crippen molar-refractivity contribution < 1.29 is 9.59 Å². The summed E-state index contributed by atoms with van der Waals surface area (Å²) in [6, 6.07) is 11.6. The molecular formula is C24H28ClN3O2. The van der Waals surface area contributed by atoms with Gasteiger partial charge in [-0.3, -0.25) is 9.59 Å². The molecule has 0 radical (unpaired) electrons. The lowest BCUT2D eigenvalue weighted by atomic mass is 9.84. The molecule has 1 saturated carbocycles. The Morgan fingerprint density at radius 3 is 2.27 bits per heavy atom. The third-order valence-electron chi connectivity index (χ3n) is 6.37. The Morgan fingerprint density at radius 2 is 1.63 bits per heavy atom. The maximum atomic E-state index is 12.9. The number of likely N-dealkylation sites (tertiary alicyclic amines) is 1. The second-order valence-corrected chi connectivity index (χ2v) is 8.81. The number of hydrogen-bond donors (Lipinski definition) is 1. The molecule has 1 aromatic carbocycles. The summed E-state index contributed by atoms with van der Waals surface area (Å²) >= 11 is 5.83. The van der Waals surface area contributed by atoms with Gasteiger partial charge >= 0.3 is 0 Å². The highest BCUT2D eigenvalue weighted by Crippen LogP contribution is 2.32. The van der Waals surface area contributed by atoms with Gasteiger partial charge in [0.1, 0.15) is 5.82 Å². The molecule has 0 bridgehead atoms. The van der Waals surface area contributed by atoms with Gasteiger partial charge in [0.25, 0.3) is 5.91 Å². The Morgan fingerprint density at radius 1 is 0.933 bits per heavy atom. The summed E-state index contributed by atoms with van der Waals surface area (Å²) < 4.78 is 0. The molecule has 4 rings (SSSR count). The zero-order valence-electron chi connectivity index (χ0n) is 17.1. The topological polar surface area (TPSA) is 62.3 Å². The lowest BCUT2D eigenvalue weighted by Crippen LogP contribution is -2.41. The van der Waals surface area contributed by atoms with Gasteiger partial charge < -0.3 is 10.2 Å². The summed E-state index contributed by atoms with van der Waals surface area (Å²) in [6.07, 6.45) is 9.30. The molecule has 2 aromatic rings. The monoisotopic (exact) mass is 425 g/mol. The molecule has 1 aliphatic carbocycles. The van der Waals surface area contributed by atoms with E-state index in [2.05, 4.69) is 22.4 Å². The van der Waals surface area contributed by atoms with Crippen molar-refractivity contribution >= 4 is 29.2 Å². The number of carbonyl (C=O) groups is 2. The number of benzene rings is 1. The van der Waals surface area contributed by atoms with Crippen LogP contribution in [0.2, 0.25) is 5.02 Å². The van der Waals surface area contributed by atoms with Crippen LogP contribution in [-0.4, -0.2) is 34.8 Å². The fourth-order valence-electron chi connectivity index (χ4n) is 4.54. The molecule has 0 unspecified atom stereocenters. The first-order valence-electron chi connectivity index (χ1n) is 10.9. The minimum Gasteiger partial charge on any atom is -0.339 e. The number of nitrogens with one attached hydrogen (secondary N) is 1. The number of anilines is 1. The van der Waals surface area contributed by atoms with Crippen molar-refractivity contribution in [2.45, 2.75) is 50.9 Å². The predicted molar refractivity (Wildman–Crippen MR) is 119 cm³/mol. The van der Waals surface area contributed by atoms with Crippen LogP contribution >= 0.6 is 11.6 Å². The molecule has 1 N–H and O–H groups in total. The molecule has 1 aromatic heterocycles. The van der Waals surface area contributed by atoms with Gasteiger partial charge in [-0.15, -0.1) is 0 Å². The highest BCUT2D eigenvalue weighted by Gasteiger charge is 2.28. The van der Waals surface area contributed by atoms with E-state index in [0.717, 1.165) is 5.56 Å². The molecule has 1 aliphatic heterocycles. The van der Waals surface area contributed by atoms with E-state index in [4.69, 9.17) is 11.6 Å². The molecule has 2 aliphatic rings. The van der Waals surface area contributed by atoms with E-state index in [9.17, 15) is 9.59 Å². The molecule has 6 heteroatoms. The van der Waals surface area contributed by atoms with Gasteiger partial charge in [-0.2, -0.15) is 0 Å². The van der Waals surface area contributed by atoms with Crippen LogP contribution in [0.1, 0.15) is 66.8 Å². The number of carbonyl (C=O) groups excluding carboxylic acids is 2. The SMILES string of the molecule is O=C(Nc1ccc(Cl)cn1)C1CCN(C(=O)c2ccc(C3CCCCC3)cc2)CC1. The van der Waals surface area contributed by atoms with E-state index < -0.39 is 0 Å².